The standard InChI is InChI=1S/C17H25ClO6S2/c1-11(16(19)20)8-13-14(17(2,3)4)9-12(10-15(13)18)25(6,7)24-26(21,22)23-5/h8-10H,1-7H3,(H,19,20). The van der Waals surface area contributed by atoms with Crippen molar-refractivity contribution in [2.24, 2.45) is 0 Å². The third kappa shape index (κ3) is 5.72. The quantitative estimate of drug-likeness (QED) is 0.682. The predicted octanol–water partition coefficient (Wildman–Crippen LogP) is 4.37. The molecule has 0 spiro atoms. The van der Waals surface area contributed by atoms with Gasteiger partial charge >= 0.3 is 16.4 Å². The first kappa shape index (κ1) is 23.0. The first-order chi connectivity index (χ1) is 11.6. The first-order valence-corrected chi connectivity index (χ1v) is 11.7. The summed E-state index contributed by atoms with van der Waals surface area (Å²) in [5.74, 6) is -1.04. The van der Waals surface area contributed by atoms with Gasteiger partial charge in [-0.3, -0.25) is 4.18 Å². The lowest BCUT2D eigenvalue weighted by Gasteiger charge is -2.32. The predicted molar refractivity (Wildman–Crippen MR) is 106 cm³/mol. The van der Waals surface area contributed by atoms with Crippen LogP contribution in [0.4, 0.5) is 0 Å². The SMILES string of the molecule is COS(=O)(=O)OS(C)(C)c1cc(Cl)c(C=C(C)C(=O)O)c(C(C)(C)C)c1. The number of halogens is 1. The minimum atomic E-state index is -4.12. The molecule has 0 aliphatic heterocycles. The van der Waals surface area contributed by atoms with Crippen LogP contribution in [0.1, 0.15) is 38.8 Å². The summed E-state index contributed by atoms with van der Waals surface area (Å²) < 4.78 is 33.0. The molecule has 9 heteroatoms. The molecule has 1 rings (SSSR count). The van der Waals surface area contributed by atoms with Gasteiger partial charge in [0.1, 0.15) is 0 Å². The van der Waals surface area contributed by atoms with Crippen molar-refractivity contribution in [3.63, 3.8) is 0 Å². The molecule has 0 fully saturated rings. The van der Waals surface area contributed by atoms with Crippen molar-refractivity contribution in [2.75, 3.05) is 19.6 Å². The van der Waals surface area contributed by atoms with E-state index >= 15 is 0 Å². The van der Waals surface area contributed by atoms with Crippen LogP contribution in [0.5, 0.6) is 0 Å². The Morgan fingerprint density at radius 3 is 2.19 bits per heavy atom. The van der Waals surface area contributed by atoms with Crippen LogP contribution < -0.4 is 0 Å². The zero-order valence-electron chi connectivity index (χ0n) is 15.9. The summed E-state index contributed by atoms with van der Waals surface area (Å²) in [7, 11) is -5.33. The summed E-state index contributed by atoms with van der Waals surface area (Å²) in [6.45, 7) is 7.38. The second-order valence-electron chi connectivity index (χ2n) is 7.12. The van der Waals surface area contributed by atoms with Crippen LogP contribution >= 0.6 is 21.9 Å². The Labute approximate surface area is 162 Å². The van der Waals surface area contributed by atoms with E-state index in [1.165, 1.54) is 13.0 Å². The smallest absolute Gasteiger partial charge is 0.409 e. The van der Waals surface area contributed by atoms with Crippen LogP contribution in [0.25, 0.3) is 6.08 Å². The van der Waals surface area contributed by atoms with Gasteiger partial charge in [-0.15, -0.1) is 0 Å². The van der Waals surface area contributed by atoms with Crippen LogP contribution in [0, 0.1) is 0 Å². The van der Waals surface area contributed by atoms with Gasteiger partial charge < -0.3 is 5.11 Å². The highest BCUT2D eigenvalue weighted by atomic mass is 35.5. The van der Waals surface area contributed by atoms with Gasteiger partial charge in [-0.25, -0.2) is 4.79 Å². The van der Waals surface area contributed by atoms with Gasteiger partial charge in [0, 0.05) is 15.5 Å². The van der Waals surface area contributed by atoms with E-state index in [1.807, 2.05) is 26.8 Å². The summed E-state index contributed by atoms with van der Waals surface area (Å²) >= 11 is 6.44. The van der Waals surface area contributed by atoms with Gasteiger partial charge in [0.05, 0.1) is 7.11 Å². The lowest BCUT2D eigenvalue weighted by atomic mass is 9.83. The number of benzene rings is 1. The van der Waals surface area contributed by atoms with Crippen LogP contribution in [-0.2, 0) is 28.4 Å². The number of aliphatic carboxylic acids is 1. The average Bonchev–Trinajstić information content (AvgIpc) is 2.46. The molecular weight excluding hydrogens is 400 g/mol. The van der Waals surface area contributed by atoms with Gasteiger partial charge in [-0.1, -0.05) is 42.7 Å². The zero-order valence-corrected chi connectivity index (χ0v) is 18.3. The van der Waals surface area contributed by atoms with Crippen molar-refractivity contribution in [3.8, 4) is 0 Å². The van der Waals surface area contributed by atoms with E-state index in [0.717, 1.165) is 12.7 Å². The monoisotopic (exact) mass is 424 g/mol. The Bertz CT molecular complexity index is 836. The number of rotatable bonds is 6. The molecule has 0 amide bonds. The Kier molecular flexibility index (Phi) is 6.98. The minimum Gasteiger partial charge on any atom is -0.478 e. The van der Waals surface area contributed by atoms with Gasteiger partial charge in [0.15, 0.2) is 0 Å². The molecule has 26 heavy (non-hydrogen) atoms. The van der Waals surface area contributed by atoms with Gasteiger partial charge in [-0.2, -0.15) is 12.0 Å². The number of hydrogen-bond donors (Lipinski definition) is 1. The molecule has 1 N–H and O–H groups in total. The first-order valence-electron chi connectivity index (χ1n) is 7.61. The fraction of sp³-hybridized carbons (Fsp3) is 0.471. The molecule has 0 aliphatic rings. The van der Waals surface area contributed by atoms with E-state index in [9.17, 15) is 13.2 Å². The summed E-state index contributed by atoms with van der Waals surface area (Å²) in [4.78, 5) is 11.8. The summed E-state index contributed by atoms with van der Waals surface area (Å²) in [5, 5.41) is 9.48. The molecule has 148 valence electrons. The Morgan fingerprint density at radius 1 is 1.23 bits per heavy atom. The zero-order chi connectivity index (χ0) is 20.5. The highest BCUT2D eigenvalue weighted by Crippen LogP contribution is 2.53. The van der Waals surface area contributed by atoms with Crippen LogP contribution in [0.3, 0.4) is 0 Å². The van der Waals surface area contributed by atoms with E-state index in [2.05, 4.69) is 4.18 Å². The molecule has 0 saturated carbocycles. The third-order valence-electron chi connectivity index (χ3n) is 3.63. The number of carboxylic acid groups (broad SMARTS) is 1. The van der Waals surface area contributed by atoms with Crippen molar-refractivity contribution >= 4 is 44.4 Å². The van der Waals surface area contributed by atoms with Gasteiger partial charge in [-0.05, 0) is 54.2 Å². The van der Waals surface area contributed by atoms with Crippen LogP contribution in [-0.4, -0.2) is 39.1 Å². The summed E-state index contributed by atoms with van der Waals surface area (Å²) in [6, 6.07) is 3.42. The van der Waals surface area contributed by atoms with Crippen molar-refractivity contribution in [1.29, 1.82) is 0 Å². The topological polar surface area (TPSA) is 89.9 Å². The third-order valence-corrected chi connectivity index (χ3v) is 7.75. The highest BCUT2D eigenvalue weighted by molar-refractivity contribution is 8.31. The molecule has 6 nitrogen and oxygen atoms in total. The van der Waals surface area contributed by atoms with Crippen molar-refractivity contribution < 1.29 is 26.1 Å². The second-order valence-corrected chi connectivity index (χ2v) is 12.2. The maximum Gasteiger partial charge on any atom is 0.409 e. The van der Waals surface area contributed by atoms with Crippen molar-refractivity contribution in [3.05, 3.63) is 33.9 Å². The normalized spacial score (nSPS) is 14.4. The maximum atomic E-state index is 11.7. The van der Waals surface area contributed by atoms with E-state index in [-0.39, 0.29) is 11.0 Å². The van der Waals surface area contributed by atoms with Crippen LogP contribution in [0.2, 0.25) is 5.02 Å². The summed E-state index contributed by atoms with van der Waals surface area (Å²) in [6.07, 6.45) is 4.85. The molecule has 0 aromatic heterocycles. The maximum absolute atomic E-state index is 11.7. The fourth-order valence-electron chi connectivity index (χ4n) is 2.20. The molecule has 0 saturated heterocycles. The number of carboxylic acids is 1. The molecule has 0 heterocycles. The molecule has 0 radical (unpaired) electrons. The highest BCUT2D eigenvalue weighted by Gasteiger charge is 2.28. The fourth-order valence-corrected chi connectivity index (χ4v) is 5.54. The molecule has 0 atom stereocenters. The number of hydrogen-bond acceptors (Lipinski definition) is 5. The molecule has 0 aliphatic carbocycles. The Hall–Kier alpha value is -1.06. The Morgan fingerprint density at radius 2 is 1.77 bits per heavy atom. The van der Waals surface area contributed by atoms with Gasteiger partial charge in [0.2, 0.25) is 0 Å². The van der Waals surface area contributed by atoms with E-state index in [4.69, 9.17) is 20.3 Å². The molecule has 1 aromatic rings. The van der Waals surface area contributed by atoms with Crippen LogP contribution in [0.15, 0.2) is 22.6 Å². The number of carbonyl (C=O) groups is 1. The van der Waals surface area contributed by atoms with Crippen molar-refractivity contribution in [1.82, 2.24) is 0 Å². The van der Waals surface area contributed by atoms with E-state index in [0.29, 0.717) is 15.5 Å². The second kappa shape index (κ2) is 7.90. The molecule has 1 aromatic carbocycles. The molecule has 0 bridgehead atoms. The van der Waals surface area contributed by atoms with E-state index in [1.54, 1.807) is 18.6 Å². The lowest BCUT2D eigenvalue weighted by molar-refractivity contribution is -0.132. The average molecular weight is 425 g/mol. The Balaban J connectivity index is 3.65. The lowest BCUT2D eigenvalue weighted by Crippen LogP contribution is -2.16. The van der Waals surface area contributed by atoms with Crippen molar-refractivity contribution in [2.45, 2.75) is 38.0 Å². The molecule has 0 unspecified atom stereocenters. The van der Waals surface area contributed by atoms with E-state index < -0.39 is 26.7 Å². The largest absolute Gasteiger partial charge is 0.478 e. The van der Waals surface area contributed by atoms with Gasteiger partial charge in [0.25, 0.3) is 0 Å². The summed E-state index contributed by atoms with van der Waals surface area (Å²) in [5.41, 5.74) is 1.17. The molecular formula is C17H25ClO6S2. The minimum absolute atomic E-state index is 0.148.